The van der Waals surface area contributed by atoms with Gasteiger partial charge in [-0.3, -0.25) is 28.0 Å². The third-order valence-electron chi connectivity index (χ3n) is 8.36. The minimum absolute atomic E-state index is 0.0925. The van der Waals surface area contributed by atoms with Crippen molar-refractivity contribution < 1.29 is 66.3 Å². The lowest BCUT2D eigenvalue weighted by atomic mass is 10.0. The summed E-state index contributed by atoms with van der Waals surface area (Å²) in [5, 5.41) is 9.72. The Bertz CT molecular complexity index is 1270. The summed E-state index contributed by atoms with van der Waals surface area (Å²) in [5.74, 6) is -0.244. The van der Waals surface area contributed by atoms with Crippen molar-refractivity contribution in [3.05, 3.63) is 48.6 Å². The zero-order valence-electron chi connectivity index (χ0n) is 34.6. The van der Waals surface area contributed by atoms with Crippen LogP contribution < -0.4 is 0 Å². The molecule has 14 nitrogen and oxygen atoms in total. The third kappa shape index (κ3) is 40.3. The molecule has 0 heterocycles. The summed E-state index contributed by atoms with van der Waals surface area (Å²) in [7, 11) is -9.70. The van der Waals surface area contributed by atoms with Crippen molar-refractivity contribution >= 4 is 33.4 Å². The maximum Gasteiger partial charge on any atom is 0.472 e. The number of unbranched alkanes of at least 4 members (excludes halogenated alkanes) is 11. The van der Waals surface area contributed by atoms with E-state index in [-0.39, 0.29) is 18.6 Å². The normalized spacial score (nSPS) is 14.6. The van der Waals surface area contributed by atoms with E-state index in [9.17, 15) is 33.5 Å². The standard InChI is InChI=1S/C41H72O14P2/c1-4-5-22-28-37(42)29-24-19-15-11-7-6-8-12-16-20-25-30-40(44)51-34-39(35-54-57(49,50)53-33-38(43)32-52-56(46,47)48)55-41(45)31-26-21-17-13-9-10-14-18-23-27-36(2)3/h6-7,12,15-16,19,24,29,36,38-39,43H,4-5,8-11,13-14,17-18,20-23,25-28,30-35H2,1-3H3,(H,49,50)(H2,46,47,48)/b7-6-,16-12-,19-15-,29-24+/t38-,39+/m0/s1. The van der Waals surface area contributed by atoms with Gasteiger partial charge >= 0.3 is 27.6 Å². The van der Waals surface area contributed by atoms with E-state index in [0.29, 0.717) is 25.7 Å². The van der Waals surface area contributed by atoms with Crippen molar-refractivity contribution in [2.45, 2.75) is 161 Å². The number of esters is 2. The second kappa shape index (κ2) is 35.7. The van der Waals surface area contributed by atoms with Crippen molar-refractivity contribution in [2.75, 3.05) is 26.4 Å². The van der Waals surface area contributed by atoms with Gasteiger partial charge in [0.05, 0.1) is 19.8 Å². The monoisotopic (exact) mass is 850 g/mol. The van der Waals surface area contributed by atoms with E-state index >= 15 is 0 Å². The highest BCUT2D eigenvalue weighted by Crippen LogP contribution is 2.43. The summed E-state index contributed by atoms with van der Waals surface area (Å²) in [6.45, 7) is 3.77. The predicted octanol–water partition coefficient (Wildman–Crippen LogP) is 9.32. The van der Waals surface area contributed by atoms with Crippen molar-refractivity contribution in [1.29, 1.82) is 0 Å². The first-order valence-electron chi connectivity index (χ1n) is 20.6. The molecule has 3 atom stereocenters. The van der Waals surface area contributed by atoms with Crippen LogP contribution in [0.3, 0.4) is 0 Å². The van der Waals surface area contributed by atoms with E-state index in [1.54, 1.807) is 12.2 Å². The zero-order valence-corrected chi connectivity index (χ0v) is 36.4. The van der Waals surface area contributed by atoms with Gasteiger partial charge in [0, 0.05) is 19.3 Å². The quantitative estimate of drug-likeness (QED) is 0.0114. The van der Waals surface area contributed by atoms with Crippen LogP contribution in [0.15, 0.2) is 48.6 Å². The summed E-state index contributed by atoms with van der Waals surface area (Å²) >= 11 is 0. The Labute approximate surface area is 341 Å². The van der Waals surface area contributed by atoms with Gasteiger partial charge in [-0.25, -0.2) is 9.13 Å². The van der Waals surface area contributed by atoms with Gasteiger partial charge in [0.25, 0.3) is 0 Å². The van der Waals surface area contributed by atoms with Crippen LogP contribution in [0.5, 0.6) is 0 Å². The van der Waals surface area contributed by atoms with Gasteiger partial charge in [-0.15, -0.1) is 0 Å². The first kappa shape index (κ1) is 54.8. The number of hydrogen-bond donors (Lipinski definition) is 4. The molecule has 0 aromatic rings. The lowest BCUT2D eigenvalue weighted by Crippen LogP contribution is -2.30. The van der Waals surface area contributed by atoms with Gasteiger partial charge < -0.3 is 29.3 Å². The van der Waals surface area contributed by atoms with E-state index in [0.717, 1.165) is 63.7 Å². The molecule has 0 aromatic heterocycles. The Balaban J connectivity index is 4.67. The van der Waals surface area contributed by atoms with Gasteiger partial charge in [-0.1, -0.05) is 134 Å². The zero-order chi connectivity index (χ0) is 42.6. The molecule has 0 saturated carbocycles. The SMILES string of the molecule is CCCCCC(=O)/C=C/C=C\C/C=C\C/C=C\CCCC(=O)OC[C@H](COP(=O)(O)OC[C@@H](O)COP(=O)(O)O)OC(=O)CCCCCCCCCCCC(C)C. The average molecular weight is 851 g/mol. The summed E-state index contributed by atoms with van der Waals surface area (Å²) in [5.41, 5.74) is 0. The van der Waals surface area contributed by atoms with E-state index in [1.807, 2.05) is 36.5 Å². The van der Waals surface area contributed by atoms with Crippen LogP contribution in [0, 0.1) is 5.92 Å². The molecule has 4 N–H and O–H groups in total. The number of hydrogen-bond acceptors (Lipinski definition) is 11. The Kier molecular flexibility index (Phi) is 34.3. The van der Waals surface area contributed by atoms with Crippen LogP contribution in [0.1, 0.15) is 149 Å². The van der Waals surface area contributed by atoms with Gasteiger partial charge in [0.1, 0.15) is 12.7 Å². The molecule has 0 aromatic carbocycles. The van der Waals surface area contributed by atoms with Crippen LogP contribution in [-0.4, -0.2) is 76.1 Å². The molecule has 0 aliphatic heterocycles. The molecule has 57 heavy (non-hydrogen) atoms. The van der Waals surface area contributed by atoms with Gasteiger partial charge in [-0.2, -0.15) is 0 Å². The summed E-state index contributed by atoms with van der Waals surface area (Å²) < 4.78 is 47.6. The molecule has 0 rings (SSSR count). The highest BCUT2D eigenvalue weighted by Gasteiger charge is 2.28. The molecule has 330 valence electrons. The molecule has 1 unspecified atom stereocenters. The summed E-state index contributed by atoms with van der Waals surface area (Å²) in [6.07, 6.45) is 29.8. The Morgan fingerprint density at radius 2 is 1.18 bits per heavy atom. The second-order valence-corrected chi connectivity index (χ2v) is 17.1. The minimum atomic E-state index is -4.87. The number of allylic oxidation sites excluding steroid dienone is 8. The maximum atomic E-state index is 12.6. The summed E-state index contributed by atoms with van der Waals surface area (Å²) in [4.78, 5) is 64.2. The predicted molar refractivity (Wildman–Crippen MR) is 221 cm³/mol. The summed E-state index contributed by atoms with van der Waals surface area (Å²) in [6, 6.07) is 0. The third-order valence-corrected chi connectivity index (χ3v) is 9.80. The fourth-order valence-electron chi connectivity index (χ4n) is 5.18. The van der Waals surface area contributed by atoms with Crippen LogP contribution in [-0.2, 0) is 46.6 Å². The van der Waals surface area contributed by atoms with Gasteiger partial charge in [0.2, 0.25) is 0 Å². The number of carbonyl (C=O) groups excluding carboxylic acids is 3. The molecular formula is C41H72O14P2. The lowest BCUT2D eigenvalue weighted by molar-refractivity contribution is -0.161. The molecule has 0 aliphatic carbocycles. The first-order valence-corrected chi connectivity index (χ1v) is 23.7. The number of aliphatic hydroxyl groups is 1. The Hall–Kier alpha value is -2.25. The van der Waals surface area contributed by atoms with Crippen molar-refractivity contribution in [3.8, 4) is 0 Å². The van der Waals surface area contributed by atoms with Crippen LogP contribution >= 0.6 is 15.6 Å². The first-order chi connectivity index (χ1) is 27.1. The Morgan fingerprint density at radius 3 is 1.82 bits per heavy atom. The Morgan fingerprint density at radius 1 is 0.614 bits per heavy atom. The topological polar surface area (TPSA) is 212 Å². The number of aliphatic hydroxyl groups excluding tert-OH is 1. The number of ether oxygens (including phenoxy) is 2. The van der Waals surface area contributed by atoms with Gasteiger partial charge in [0.15, 0.2) is 11.9 Å². The molecule has 16 heteroatoms. The average Bonchev–Trinajstić information content (AvgIpc) is 3.14. The molecule has 0 spiro atoms. The van der Waals surface area contributed by atoms with E-state index < -0.39 is 66.2 Å². The lowest BCUT2D eigenvalue weighted by Gasteiger charge is -2.20. The van der Waals surface area contributed by atoms with Crippen molar-refractivity contribution in [1.82, 2.24) is 0 Å². The van der Waals surface area contributed by atoms with E-state index in [1.165, 1.54) is 32.1 Å². The number of phosphoric acid groups is 2. The smallest absolute Gasteiger partial charge is 0.462 e. The molecular weight excluding hydrogens is 778 g/mol. The fraction of sp³-hybridized carbons (Fsp3) is 0.732. The number of carbonyl (C=O) groups is 3. The van der Waals surface area contributed by atoms with Crippen molar-refractivity contribution in [2.24, 2.45) is 5.92 Å². The van der Waals surface area contributed by atoms with Crippen LogP contribution in [0.4, 0.5) is 0 Å². The van der Waals surface area contributed by atoms with E-state index in [4.69, 9.17) is 23.8 Å². The largest absolute Gasteiger partial charge is 0.472 e. The van der Waals surface area contributed by atoms with Gasteiger partial charge in [-0.05, 0) is 50.5 Å². The molecule has 0 radical (unpaired) electrons. The van der Waals surface area contributed by atoms with Crippen molar-refractivity contribution in [3.63, 3.8) is 0 Å². The van der Waals surface area contributed by atoms with E-state index in [2.05, 4.69) is 29.8 Å². The minimum Gasteiger partial charge on any atom is -0.462 e. The highest BCUT2D eigenvalue weighted by molar-refractivity contribution is 7.47. The number of ketones is 1. The number of rotatable bonds is 38. The number of phosphoric ester groups is 2. The molecule has 0 fully saturated rings. The molecule has 0 bridgehead atoms. The maximum absolute atomic E-state index is 12.6. The van der Waals surface area contributed by atoms with Crippen LogP contribution in [0.25, 0.3) is 0 Å². The van der Waals surface area contributed by atoms with Crippen LogP contribution in [0.2, 0.25) is 0 Å². The molecule has 0 saturated heterocycles. The fourth-order valence-corrected chi connectivity index (χ4v) is 6.34. The molecule has 0 amide bonds. The second-order valence-electron chi connectivity index (χ2n) is 14.4. The highest BCUT2D eigenvalue weighted by atomic mass is 31.2. The molecule has 0 aliphatic rings.